The first kappa shape index (κ1) is 20.3. The maximum atomic E-state index is 13.2. The predicted octanol–water partition coefficient (Wildman–Crippen LogP) is 3.42. The molecule has 0 radical (unpaired) electrons. The number of rotatable bonds is 6. The highest BCUT2D eigenvalue weighted by atomic mass is 19.1. The van der Waals surface area contributed by atoms with Gasteiger partial charge in [0, 0.05) is 19.2 Å². The Morgan fingerprint density at radius 2 is 1.69 bits per heavy atom. The second-order valence-corrected chi connectivity index (χ2v) is 6.95. The average molecular weight is 394 g/mol. The van der Waals surface area contributed by atoms with Crippen LogP contribution < -0.4 is 10.6 Å². The third kappa shape index (κ3) is 4.51. The molecule has 0 bridgehead atoms. The molecule has 29 heavy (non-hydrogen) atoms. The minimum Gasteiger partial charge on any atom is -0.355 e. The van der Waals surface area contributed by atoms with Gasteiger partial charge in [-0.05, 0) is 47.9 Å². The highest BCUT2D eigenvalue weighted by Gasteiger charge is 2.20. The van der Waals surface area contributed by atoms with Crippen LogP contribution in [-0.2, 0) is 6.54 Å². The fraction of sp³-hybridized carbons (Fsp3) is 0.227. The Balaban J connectivity index is 1.77. The van der Waals surface area contributed by atoms with E-state index in [0.29, 0.717) is 23.4 Å². The van der Waals surface area contributed by atoms with Gasteiger partial charge in [0.1, 0.15) is 5.82 Å². The molecular formula is C22H23FN4O2. The van der Waals surface area contributed by atoms with Crippen LogP contribution in [0.15, 0.2) is 54.7 Å². The monoisotopic (exact) mass is 394 g/mol. The third-order valence-electron chi connectivity index (χ3n) is 4.57. The van der Waals surface area contributed by atoms with Gasteiger partial charge in [-0.25, -0.2) is 9.07 Å². The zero-order valence-electron chi connectivity index (χ0n) is 16.6. The van der Waals surface area contributed by atoms with Crippen molar-refractivity contribution in [2.75, 3.05) is 7.05 Å². The van der Waals surface area contributed by atoms with Crippen molar-refractivity contribution in [3.8, 4) is 5.69 Å². The summed E-state index contributed by atoms with van der Waals surface area (Å²) in [6.45, 7) is 4.28. The van der Waals surface area contributed by atoms with Crippen molar-refractivity contribution < 1.29 is 14.0 Å². The van der Waals surface area contributed by atoms with E-state index in [2.05, 4.69) is 15.7 Å². The van der Waals surface area contributed by atoms with Crippen LogP contribution in [0.5, 0.6) is 0 Å². The van der Waals surface area contributed by atoms with Crippen LogP contribution in [0.3, 0.4) is 0 Å². The van der Waals surface area contributed by atoms with Gasteiger partial charge in [-0.3, -0.25) is 9.59 Å². The topological polar surface area (TPSA) is 76.0 Å². The van der Waals surface area contributed by atoms with E-state index >= 15 is 0 Å². The number of aromatic nitrogens is 2. The third-order valence-corrected chi connectivity index (χ3v) is 4.57. The quantitative estimate of drug-likeness (QED) is 0.673. The molecule has 0 aliphatic heterocycles. The molecule has 0 saturated carbocycles. The molecule has 0 saturated heterocycles. The van der Waals surface area contributed by atoms with Gasteiger partial charge in [0.15, 0.2) is 0 Å². The van der Waals surface area contributed by atoms with Crippen molar-refractivity contribution in [3.63, 3.8) is 0 Å². The lowest BCUT2D eigenvalue weighted by molar-refractivity contribution is 0.0945. The molecule has 1 heterocycles. The number of hydrogen-bond acceptors (Lipinski definition) is 3. The van der Waals surface area contributed by atoms with E-state index in [1.54, 1.807) is 48.1 Å². The summed E-state index contributed by atoms with van der Waals surface area (Å²) in [5, 5.41) is 9.81. The van der Waals surface area contributed by atoms with Crippen molar-refractivity contribution in [2.24, 2.45) is 0 Å². The van der Waals surface area contributed by atoms with Gasteiger partial charge in [-0.2, -0.15) is 5.10 Å². The van der Waals surface area contributed by atoms with Crippen molar-refractivity contribution in [1.82, 2.24) is 20.4 Å². The van der Waals surface area contributed by atoms with E-state index in [4.69, 9.17) is 0 Å². The van der Waals surface area contributed by atoms with E-state index in [9.17, 15) is 14.0 Å². The van der Waals surface area contributed by atoms with E-state index in [1.165, 1.54) is 18.3 Å². The van der Waals surface area contributed by atoms with Gasteiger partial charge >= 0.3 is 0 Å². The Labute approximate surface area is 168 Å². The summed E-state index contributed by atoms with van der Waals surface area (Å²) in [6, 6.07) is 13.0. The number of benzene rings is 2. The van der Waals surface area contributed by atoms with E-state index in [0.717, 1.165) is 11.3 Å². The molecule has 0 spiro atoms. The van der Waals surface area contributed by atoms with Crippen molar-refractivity contribution in [3.05, 3.63) is 82.9 Å². The zero-order chi connectivity index (χ0) is 21.0. The van der Waals surface area contributed by atoms with Crippen LogP contribution in [0.1, 0.15) is 51.7 Å². The van der Waals surface area contributed by atoms with Gasteiger partial charge in [-0.1, -0.05) is 26.0 Å². The Kier molecular flexibility index (Phi) is 6.07. The lowest BCUT2D eigenvalue weighted by atomic mass is 10.0. The SMILES string of the molecule is CNC(=O)c1ccc(CNC(=O)c2cnn(-c3ccc(F)cc3)c2C(C)C)cc1. The number of halogens is 1. The van der Waals surface area contributed by atoms with Gasteiger partial charge in [0.25, 0.3) is 11.8 Å². The van der Waals surface area contributed by atoms with Crippen molar-refractivity contribution in [2.45, 2.75) is 26.3 Å². The molecule has 2 amide bonds. The fourth-order valence-electron chi connectivity index (χ4n) is 3.07. The smallest absolute Gasteiger partial charge is 0.255 e. The summed E-state index contributed by atoms with van der Waals surface area (Å²) in [6.07, 6.45) is 1.53. The fourth-order valence-corrected chi connectivity index (χ4v) is 3.07. The average Bonchev–Trinajstić information content (AvgIpc) is 3.18. The molecule has 0 unspecified atom stereocenters. The minimum atomic E-state index is -0.326. The minimum absolute atomic E-state index is 0.0372. The van der Waals surface area contributed by atoms with Gasteiger partial charge < -0.3 is 10.6 Å². The number of amides is 2. The lowest BCUT2D eigenvalue weighted by Crippen LogP contribution is -2.24. The summed E-state index contributed by atoms with van der Waals surface area (Å²) in [5.74, 6) is -0.685. The maximum absolute atomic E-state index is 13.2. The zero-order valence-corrected chi connectivity index (χ0v) is 16.6. The summed E-state index contributed by atoms with van der Waals surface area (Å²) in [5.41, 5.74) is 3.36. The van der Waals surface area contributed by atoms with Gasteiger partial charge in [-0.15, -0.1) is 0 Å². The first-order valence-corrected chi connectivity index (χ1v) is 9.33. The van der Waals surface area contributed by atoms with Crippen LogP contribution in [0.2, 0.25) is 0 Å². The van der Waals surface area contributed by atoms with Crippen LogP contribution in [0.25, 0.3) is 5.69 Å². The summed E-state index contributed by atoms with van der Waals surface area (Å²) < 4.78 is 14.9. The number of carbonyl (C=O) groups is 2. The molecule has 1 aromatic heterocycles. The molecule has 0 atom stereocenters. The van der Waals surface area contributed by atoms with Crippen LogP contribution in [-0.4, -0.2) is 28.6 Å². The number of hydrogen-bond donors (Lipinski definition) is 2. The standard InChI is InChI=1S/C22H23FN4O2/c1-14(2)20-19(13-26-27(20)18-10-8-17(23)9-11-18)22(29)25-12-15-4-6-16(7-5-15)21(28)24-3/h4-11,13-14H,12H2,1-3H3,(H,24,28)(H,25,29). The summed E-state index contributed by atoms with van der Waals surface area (Å²) in [4.78, 5) is 24.4. The van der Waals surface area contributed by atoms with E-state index in [1.807, 2.05) is 13.8 Å². The summed E-state index contributed by atoms with van der Waals surface area (Å²) in [7, 11) is 1.58. The number of carbonyl (C=O) groups excluding carboxylic acids is 2. The molecule has 2 N–H and O–H groups in total. The molecule has 150 valence electrons. The van der Waals surface area contributed by atoms with Gasteiger partial charge in [0.05, 0.1) is 23.1 Å². The lowest BCUT2D eigenvalue weighted by Gasteiger charge is -2.13. The van der Waals surface area contributed by atoms with Crippen molar-refractivity contribution >= 4 is 11.8 Å². The van der Waals surface area contributed by atoms with E-state index in [-0.39, 0.29) is 23.5 Å². The molecule has 3 aromatic rings. The molecule has 6 nitrogen and oxygen atoms in total. The first-order valence-electron chi connectivity index (χ1n) is 9.33. The van der Waals surface area contributed by atoms with Crippen molar-refractivity contribution in [1.29, 1.82) is 0 Å². The molecular weight excluding hydrogens is 371 g/mol. The molecule has 2 aromatic carbocycles. The molecule has 0 fully saturated rings. The first-order chi connectivity index (χ1) is 13.9. The highest BCUT2D eigenvalue weighted by molar-refractivity contribution is 5.95. The normalized spacial score (nSPS) is 10.8. The Morgan fingerprint density at radius 1 is 1.03 bits per heavy atom. The highest BCUT2D eigenvalue weighted by Crippen LogP contribution is 2.23. The second-order valence-electron chi connectivity index (χ2n) is 6.95. The summed E-state index contributed by atoms with van der Waals surface area (Å²) >= 11 is 0. The van der Waals surface area contributed by atoms with Crippen LogP contribution >= 0.6 is 0 Å². The maximum Gasteiger partial charge on any atom is 0.255 e. The molecule has 3 rings (SSSR count). The number of nitrogens with one attached hydrogen (secondary N) is 2. The number of nitrogens with zero attached hydrogens (tertiary/aromatic N) is 2. The second kappa shape index (κ2) is 8.68. The van der Waals surface area contributed by atoms with Crippen LogP contribution in [0, 0.1) is 5.82 Å². The Bertz CT molecular complexity index is 1010. The predicted molar refractivity (Wildman–Crippen MR) is 109 cm³/mol. The van der Waals surface area contributed by atoms with Crippen LogP contribution in [0.4, 0.5) is 4.39 Å². The Hall–Kier alpha value is -3.48. The molecule has 7 heteroatoms. The van der Waals surface area contributed by atoms with Gasteiger partial charge in [0.2, 0.25) is 0 Å². The Morgan fingerprint density at radius 3 is 2.28 bits per heavy atom. The largest absolute Gasteiger partial charge is 0.355 e. The van der Waals surface area contributed by atoms with E-state index < -0.39 is 0 Å². The molecule has 0 aliphatic rings. The molecule has 0 aliphatic carbocycles.